The first-order valence-corrected chi connectivity index (χ1v) is 8.72. The molecule has 1 aliphatic carbocycles. The Bertz CT molecular complexity index is 885. The molecular weight excluding hydrogens is 400 g/mol. The number of amides is 1. The molecule has 1 aromatic carbocycles. The minimum absolute atomic E-state index is 0. The Morgan fingerprint density at radius 1 is 1.18 bits per heavy atom. The molecule has 10 heteroatoms. The molecular formula is C18H19ClF4N4O. The van der Waals surface area contributed by atoms with Gasteiger partial charge in [-0.25, -0.2) is 9.07 Å². The van der Waals surface area contributed by atoms with E-state index in [4.69, 9.17) is 5.73 Å². The molecule has 3 unspecified atom stereocenters. The van der Waals surface area contributed by atoms with Crippen LogP contribution in [-0.2, 0) is 6.18 Å². The molecule has 28 heavy (non-hydrogen) atoms. The van der Waals surface area contributed by atoms with E-state index in [1.165, 1.54) is 23.1 Å². The number of hydrogen-bond donors (Lipinski definition) is 1. The number of rotatable bonds is 2. The highest BCUT2D eigenvalue weighted by molar-refractivity contribution is 5.95. The lowest BCUT2D eigenvalue weighted by Gasteiger charge is -2.20. The average molecular weight is 419 g/mol. The number of alkyl halides is 3. The molecule has 0 bridgehead atoms. The molecule has 0 radical (unpaired) electrons. The van der Waals surface area contributed by atoms with E-state index in [0.29, 0.717) is 17.8 Å². The molecule has 5 nitrogen and oxygen atoms in total. The second-order valence-corrected chi connectivity index (χ2v) is 7.14. The highest BCUT2D eigenvalue weighted by atomic mass is 35.5. The minimum atomic E-state index is -4.87. The van der Waals surface area contributed by atoms with Crippen LogP contribution < -0.4 is 5.73 Å². The van der Waals surface area contributed by atoms with E-state index in [9.17, 15) is 22.4 Å². The van der Waals surface area contributed by atoms with Crippen LogP contribution in [0.15, 0.2) is 30.5 Å². The van der Waals surface area contributed by atoms with Gasteiger partial charge in [0.1, 0.15) is 11.5 Å². The largest absolute Gasteiger partial charge is 0.434 e. The molecule has 2 N–H and O–H groups in total. The zero-order chi connectivity index (χ0) is 19.3. The number of para-hydroxylation sites is 1. The van der Waals surface area contributed by atoms with E-state index in [2.05, 4.69) is 5.10 Å². The van der Waals surface area contributed by atoms with Gasteiger partial charge in [-0.1, -0.05) is 12.1 Å². The maximum absolute atomic E-state index is 14.0. The Hall–Kier alpha value is -2.13. The summed E-state index contributed by atoms with van der Waals surface area (Å²) in [5, 5.41) is 3.68. The van der Waals surface area contributed by atoms with Crippen molar-refractivity contribution in [1.29, 1.82) is 0 Å². The Balaban J connectivity index is 0.00000225. The molecule has 1 saturated carbocycles. The van der Waals surface area contributed by atoms with Crippen LogP contribution in [0.2, 0.25) is 0 Å². The predicted molar refractivity (Wildman–Crippen MR) is 95.9 cm³/mol. The van der Waals surface area contributed by atoms with Crippen LogP contribution in [0.4, 0.5) is 17.6 Å². The number of carbonyl (C=O) groups is 1. The van der Waals surface area contributed by atoms with Gasteiger partial charge in [-0.2, -0.15) is 18.3 Å². The molecule has 2 fully saturated rings. The van der Waals surface area contributed by atoms with Crippen LogP contribution in [0.25, 0.3) is 5.69 Å². The molecule has 1 aliphatic heterocycles. The summed E-state index contributed by atoms with van der Waals surface area (Å²) in [4.78, 5) is 14.2. The number of hydrogen-bond acceptors (Lipinski definition) is 3. The quantitative estimate of drug-likeness (QED) is 0.761. The summed E-state index contributed by atoms with van der Waals surface area (Å²) in [6, 6.07) is 4.97. The summed E-state index contributed by atoms with van der Waals surface area (Å²) in [7, 11) is 0. The van der Waals surface area contributed by atoms with Gasteiger partial charge < -0.3 is 10.6 Å². The van der Waals surface area contributed by atoms with E-state index in [-0.39, 0.29) is 36.0 Å². The Morgan fingerprint density at radius 3 is 2.54 bits per heavy atom. The third-order valence-corrected chi connectivity index (χ3v) is 5.55. The molecule has 4 rings (SSSR count). The van der Waals surface area contributed by atoms with Crippen molar-refractivity contribution in [3.05, 3.63) is 47.5 Å². The molecule has 2 aliphatic rings. The van der Waals surface area contributed by atoms with Gasteiger partial charge in [0.15, 0.2) is 5.69 Å². The second kappa shape index (κ2) is 7.36. The summed E-state index contributed by atoms with van der Waals surface area (Å²) < 4.78 is 55.6. The molecule has 1 aromatic heterocycles. The highest BCUT2D eigenvalue weighted by Gasteiger charge is 2.46. The highest BCUT2D eigenvalue weighted by Crippen LogP contribution is 2.39. The molecule has 2 aromatic rings. The molecule has 152 valence electrons. The van der Waals surface area contributed by atoms with Crippen molar-refractivity contribution in [2.75, 3.05) is 13.1 Å². The summed E-state index contributed by atoms with van der Waals surface area (Å²) in [6.45, 7) is 0.728. The van der Waals surface area contributed by atoms with E-state index < -0.39 is 29.2 Å². The van der Waals surface area contributed by atoms with Crippen molar-refractivity contribution in [3.63, 3.8) is 0 Å². The number of nitrogens with two attached hydrogens (primary N) is 1. The number of benzene rings is 1. The van der Waals surface area contributed by atoms with Crippen LogP contribution in [0.3, 0.4) is 0 Å². The van der Waals surface area contributed by atoms with Crippen molar-refractivity contribution < 1.29 is 22.4 Å². The zero-order valence-corrected chi connectivity index (χ0v) is 15.5. The van der Waals surface area contributed by atoms with Gasteiger partial charge in [-0.3, -0.25) is 4.79 Å². The van der Waals surface area contributed by atoms with Gasteiger partial charge in [0.2, 0.25) is 0 Å². The fourth-order valence-electron chi connectivity index (χ4n) is 4.23. The SMILES string of the molecule is Cl.NC1CCC2CN(C(=O)c3cnn(-c4ccccc4F)c3C(F)(F)F)CC12. The number of likely N-dealkylation sites (tertiary alicyclic amines) is 1. The monoisotopic (exact) mass is 418 g/mol. The first kappa shape index (κ1) is 20.6. The fraction of sp³-hybridized carbons (Fsp3) is 0.444. The summed E-state index contributed by atoms with van der Waals surface area (Å²) in [5.74, 6) is -1.26. The normalized spacial score (nSPS) is 24.2. The summed E-state index contributed by atoms with van der Waals surface area (Å²) in [6.07, 6.45) is -2.26. The average Bonchev–Trinajstić information content (AvgIpc) is 3.30. The Morgan fingerprint density at radius 2 is 1.89 bits per heavy atom. The zero-order valence-electron chi connectivity index (χ0n) is 14.7. The van der Waals surface area contributed by atoms with Crippen LogP contribution in [0, 0.1) is 17.7 Å². The van der Waals surface area contributed by atoms with Gasteiger partial charge in [-0.05, 0) is 36.8 Å². The lowest BCUT2D eigenvalue weighted by atomic mass is 9.98. The molecule has 3 atom stereocenters. The van der Waals surface area contributed by atoms with E-state index in [0.717, 1.165) is 25.1 Å². The first-order chi connectivity index (χ1) is 12.8. The molecule has 0 spiro atoms. The lowest BCUT2D eigenvalue weighted by Crippen LogP contribution is -2.34. The smallest absolute Gasteiger partial charge is 0.338 e. The van der Waals surface area contributed by atoms with Crippen molar-refractivity contribution >= 4 is 18.3 Å². The number of halogens is 5. The van der Waals surface area contributed by atoms with Crippen molar-refractivity contribution in [2.24, 2.45) is 17.6 Å². The van der Waals surface area contributed by atoms with Crippen molar-refractivity contribution in [2.45, 2.75) is 25.1 Å². The number of fused-ring (bicyclic) bond motifs is 1. The molecule has 1 amide bonds. The topological polar surface area (TPSA) is 64.2 Å². The molecule has 1 saturated heterocycles. The first-order valence-electron chi connectivity index (χ1n) is 8.72. The molecule has 2 heterocycles. The third-order valence-electron chi connectivity index (χ3n) is 5.55. The van der Waals surface area contributed by atoms with Crippen molar-refractivity contribution in [1.82, 2.24) is 14.7 Å². The van der Waals surface area contributed by atoms with Crippen LogP contribution in [0.1, 0.15) is 28.9 Å². The van der Waals surface area contributed by atoms with Crippen LogP contribution >= 0.6 is 12.4 Å². The number of aromatic nitrogens is 2. The van der Waals surface area contributed by atoms with Gasteiger partial charge in [0.25, 0.3) is 5.91 Å². The maximum Gasteiger partial charge on any atom is 0.434 e. The van der Waals surface area contributed by atoms with Crippen molar-refractivity contribution in [3.8, 4) is 5.69 Å². The van der Waals surface area contributed by atoms with Gasteiger partial charge >= 0.3 is 6.18 Å². The van der Waals surface area contributed by atoms with Gasteiger partial charge in [0, 0.05) is 19.1 Å². The lowest BCUT2D eigenvalue weighted by molar-refractivity contribution is -0.143. The number of nitrogens with zero attached hydrogens (tertiary/aromatic N) is 3. The summed E-state index contributed by atoms with van der Waals surface area (Å²) in [5.41, 5.74) is 3.85. The number of carbonyl (C=O) groups excluding carboxylic acids is 1. The minimum Gasteiger partial charge on any atom is -0.338 e. The van der Waals surface area contributed by atoms with Gasteiger partial charge in [0.05, 0.1) is 11.8 Å². The Kier molecular flexibility index (Phi) is 5.42. The standard InChI is InChI=1S/C18H18F4N4O.ClH/c19-13-3-1-2-4-15(13)26-16(18(20,21)22)11(7-24-26)17(27)25-8-10-5-6-14(23)12(10)9-25;/h1-4,7,10,12,14H,5-6,8-9,23H2;1H. The second-order valence-electron chi connectivity index (χ2n) is 7.14. The van der Waals surface area contributed by atoms with Gasteiger partial charge in [-0.15, -0.1) is 12.4 Å². The third kappa shape index (κ3) is 3.37. The van der Waals surface area contributed by atoms with Crippen LogP contribution in [-0.4, -0.2) is 39.7 Å². The van der Waals surface area contributed by atoms with E-state index in [1.807, 2.05) is 0 Å². The predicted octanol–water partition coefficient (Wildman–Crippen LogP) is 3.26. The van der Waals surface area contributed by atoms with E-state index >= 15 is 0 Å². The Labute approximate surface area is 164 Å². The van der Waals surface area contributed by atoms with Crippen LogP contribution in [0.5, 0.6) is 0 Å². The maximum atomic E-state index is 14.0. The summed E-state index contributed by atoms with van der Waals surface area (Å²) >= 11 is 0. The van der Waals surface area contributed by atoms with E-state index in [1.54, 1.807) is 0 Å². The fourth-order valence-corrected chi connectivity index (χ4v) is 4.23.